The van der Waals surface area contributed by atoms with E-state index in [4.69, 9.17) is 9.47 Å². The molecule has 4 rings (SSSR count). The minimum atomic E-state index is -0.399. The standard InChI is InChI=1S/C24H19BrFN3O3/c1-14(15-6-8-16(9-7-15)24(30)31-2)29-22-21-19(10-11-27-22)20(25)13-28-23(21)32-18-5-3-4-17(26)12-18/h3-14H,1-2H3,(H,27,29)/t14-/m0/s1. The number of halogens is 2. The number of pyridine rings is 2. The first-order valence-electron chi connectivity index (χ1n) is 9.77. The fourth-order valence-corrected chi connectivity index (χ4v) is 3.70. The molecule has 0 spiro atoms. The molecule has 4 aromatic rings. The van der Waals surface area contributed by atoms with E-state index in [0.29, 0.717) is 28.4 Å². The Morgan fingerprint density at radius 2 is 1.91 bits per heavy atom. The van der Waals surface area contributed by atoms with E-state index in [2.05, 4.69) is 31.2 Å². The lowest BCUT2D eigenvalue weighted by Crippen LogP contribution is -2.09. The van der Waals surface area contributed by atoms with E-state index in [1.54, 1.807) is 36.7 Å². The maximum absolute atomic E-state index is 13.6. The van der Waals surface area contributed by atoms with Crippen molar-refractivity contribution in [2.24, 2.45) is 0 Å². The number of nitrogens with zero attached hydrogens (tertiary/aromatic N) is 2. The Hall–Kier alpha value is -3.52. The van der Waals surface area contributed by atoms with Gasteiger partial charge in [-0.2, -0.15) is 0 Å². The molecule has 2 aromatic carbocycles. The predicted octanol–water partition coefficient (Wildman–Crippen LogP) is 6.28. The summed E-state index contributed by atoms with van der Waals surface area (Å²) in [6.45, 7) is 1.98. The Morgan fingerprint density at radius 3 is 2.62 bits per heavy atom. The molecule has 6 nitrogen and oxygen atoms in total. The number of ether oxygens (including phenoxy) is 2. The highest BCUT2D eigenvalue weighted by atomic mass is 79.9. The Morgan fingerprint density at radius 1 is 1.12 bits per heavy atom. The van der Waals surface area contributed by atoms with Crippen molar-refractivity contribution in [1.82, 2.24) is 9.97 Å². The van der Waals surface area contributed by atoms with Crippen molar-refractivity contribution in [3.05, 3.63) is 88.4 Å². The molecular weight excluding hydrogens is 477 g/mol. The summed E-state index contributed by atoms with van der Waals surface area (Å²) in [6, 6.07) is 14.7. The van der Waals surface area contributed by atoms with Crippen LogP contribution in [-0.4, -0.2) is 23.0 Å². The summed E-state index contributed by atoms with van der Waals surface area (Å²) in [7, 11) is 1.35. The number of hydrogen-bond acceptors (Lipinski definition) is 6. The van der Waals surface area contributed by atoms with Crippen molar-refractivity contribution in [3.63, 3.8) is 0 Å². The smallest absolute Gasteiger partial charge is 0.337 e. The number of rotatable bonds is 6. The van der Waals surface area contributed by atoms with Crippen LogP contribution in [0, 0.1) is 5.82 Å². The van der Waals surface area contributed by atoms with Crippen LogP contribution in [-0.2, 0) is 4.74 Å². The van der Waals surface area contributed by atoms with E-state index in [-0.39, 0.29) is 12.0 Å². The van der Waals surface area contributed by atoms with E-state index >= 15 is 0 Å². The highest BCUT2D eigenvalue weighted by molar-refractivity contribution is 9.10. The van der Waals surface area contributed by atoms with Gasteiger partial charge >= 0.3 is 5.97 Å². The van der Waals surface area contributed by atoms with Crippen molar-refractivity contribution < 1.29 is 18.7 Å². The van der Waals surface area contributed by atoms with Crippen LogP contribution in [0.5, 0.6) is 11.6 Å². The van der Waals surface area contributed by atoms with Gasteiger partial charge in [-0.25, -0.2) is 19.2 Å². The van der Waals surface area contributed by atoms with Crippen molar-refractivity contribution in [3.8, 4) is 11.6 Å². The maximum atomic E-state index is 13.6. The Balaban J connectivity index is 1.69. The average Bonchev–Trinajstić information content (AvgIpc) is 2.80. The summed E-state index contributed by atoms with van der Waals surface area (Å²) < 4.78 is 25.1. The number of hydrogen-bond donors (Lipinski definition) is 1. The molecule has 32 heavy (non-hydrogen) atoms. The van der Waals surface area contributed by atoms with Crippen molar-refractivity contribution in [1.29, 1.82) is 0 Å². The predicted molar refractivity (Wildman–Crippen MR) is 124 cm³/mol. The molecule has 0 radical (unpaired) electrons. The van der Waals surface area contributed by atoms with Crippen LogP contribution in [0.4, 0.5) is 10.2 Å². The third-order valence-corrected chi connectivity index (χ3v) is 5.54. The molecule has 0 amide bonds. The van der Waals surface area contributed by atoms with Gasteiger partial charge in [-0.1, -0.05) is 18.2 Å². The van der Waals surface area contributed by atoms with Gasteiger partial charge in [0, 0.05) is 34.4 Å². The van der Waals surface area contributed by atoms with Crippen LogP contribution >= 0.6 is 15.9 Å². The topological polar surface area (TPSA) is 73.3 Å². The Kier molecular flexibility index (Phi) is 6.32. The molecule has 1 atom stereocenters. The van der Waals surface area contributed by atoms with Gasteiger partial charge in [0.2, 0.25) is 5.88 Å². The van der Waals surface area contributed by atoms with Crippen molar-refractivity contribution in [2.45, 2.75) is 13.0 Å². The van der Waals surface area contributed by atoms with Crippen LogP contribution in [0.1, 0.15) is 28.9 Å². The van der Waals surface area contributed by atoms with Crippen LogP contribution in [0.3, 0.4) is 0 Å². The Bertz CT molecular complexity index is 1280. The summed E-state index contributed by atoms with van der Waals surface area (Å²) in [5, 5.41) is 4.89. The first kappa shape index (κ1) is 21.7. The Labute approximate surface area is 192 Å². The average molecular weight is 496 g/mol. The highest BCUT2D eigenvalue weighted by Gasteiger charge is 2.17. The van der Waals surface area contributed by atoms with Gasteiger partial charge in [0.1, 0.15) is 17.4 Å². The van der Waals surface area contributed by atoms with Crippen LogP contribution in [0.25, 0.3) is 10.8 Å². The molecule has 0 bridgehead atoms. The lowest BCUT2D eigenvalue weighted by Gasteiger charge is -2.18. The molecule has 1 N–H and O–H groups in total. The monoisotopic (exact) mass is 495 g/mol. The van der Waals surface area contributed by atoms with Crippen LogP contribution in [0.2, 0.25) is 0 Å². The van der Waals surface area contributed by atoms with Gasteiger partial charge < -0.3 is 14.8 Å². The molecule has 0 unspecified atom stereocenters. The second-order valence-electron chi connectivity index (χ2n) is 7.03. The molecule has 8 heteroatoms. The molecule has 2 aromatic heterocycles. The van der Waals surface area contributed by atoms with Gasteiger partial charge in [-0.3, -0.25) is 0 Å². The zero-order valence-electron chi connectivity index (χ0n) is 17.3. The minimum Gasteiger partial charge on any atom is -0.465 e. The van der Waals surface area contributed by atoms with Gasteiger partial charge in [-0.15, -0.1) is 0 Å². The number of aromatic nitrogens is 2. The van der Waals surface area contributed by atoms with Crippen LogP contribution < -0.4 is 10.1 Å². The number of esters is 1. The van der Waals surface area contributed by atoms with E-state index in [1.165, 1.54) is 19.2 Å². The first-order valence-corrected chi connectivity index (χ1v) is 10.6. The van der Waals surface area contributed by atoms with E-state index < -0.39 is 5.82 Å². The number of carbonyl (C=O) groups is 1. The number of nitrogens with one attached hydrogen (secondary N) is 1. The zero-order chi connectivity index (χ0) is 22.7. The second-order valence-corrected chi connectivity index (χ2v) is 7.89. The first-order chi connectivity index (χ1) is 15.5. The normalized spacial score (nSPS) is 11.8. The van der Waals surface area contributed by atoms with Gasteiger partial charge in [-0.05, 0) is 58.7 Å². The van der Waals surface area contributed by atoms with E-state index in [1.807, 2.05) is 25.1 Å². The van der Waals surface area contributed by atoms with Crippen LogP contribution in [0.15, 0.2) is 71.5 Å². The number of benzene rings is 2. The fraction of sp³-hybridized carbons (Fsp3) is 0.125. The summed E-state index contributed by atoms with van der Waals surface area (Å²) in [6.07, 6.45) is 3.32. The lowest BCUT2D eigenvalue weighted by atomic mass is 10.1. The zero-order valence-corrected chi connectivity index (χ0v) is 18.9. The van der Waals surface area contributed by atoms with Gasteiger partial charge in [0.25, 0.3) is 0 Å². The molecule has 2 heterocycles. The van der Waals surface area contributed by atoms with Gasteiger partial charge in [0.05, 0.1) is 18.1 Å². The second kappa shape index (κ2) is 9.32. The quantitative estimate of drug-likeness (QED) is 0.317. The maximum Gasteiger partial charge on any atom is 0.337 e. The van der Waals surface area contributed by atoms with E-state index in [0.717, 1.165) is 15.4 Å². The molecule has 0 saturated carbocycles. The summed E-state index contributed by atoms with van der Waals surface area (Å²) in [5.41, 5.74) is 1.43. The summed E-state index contributed by atoms with van der Waals surface area (Å²) >= 11 is 3.52. The number of fused-ring (bicyclic) bond motifs is 1. The number of carbonyl (C=O) groups excluding carboxylic acids is 1. The number of anilines is 1. The molecule has 0 aliphatic heterocycles. The largest absolute Gasteiger partial charge is 0.465 e. The molecule has 0 aliphatic carbocycles. The lowest BCUT2D eigenvalue weighted by molar-refractivity contribution is 0.0600. The molecule has 0 saturated heterocycles. The van der Waals surface area contributed by atoms with Crippen molar-refractivity contribution >= 4 is 38.5 Å². The third kappa shape index (κ3) is 4.55. The highest BCUT2D eigenvalue weighted by Crippen LogP contribution is 2.37. The summed E-state index contributed by atoms with van der Waals surface area (Å²) in [5.74, 6) is 0.416. The number of methoxy groups -OCH3 is 1. The molecular formula is C24H19BrFN3O3. The molecule has 0 aliphatic rings. The van der Waals surface area contributed by atoms with Gasteiger partial charge in [0.15, 0.2) is 0 Å². The molecule has 0 fully saturated rings. The SMILES string of the molecule is COC(=O)c1ccc([C@H](C)Nc2nccc3c(Br)cnc(Oc4cccc(F)c4)c23)cc1. The van der Waals surface area contributed by atoms with Crippen molar-refractivity contribution in [2.75, 3.05) is 12.4 Å². The summed E-state index contributed by atoms with van der Waals surface area (Å²) in [4.78, 5) is 20.6. The van der Waals surface area contributed by atoms with E-state index in [9.17, 15) is 9.18 Å². The third-order valence-electron chi connectivity index (χ3n) is 4.91. The fourth-order valence-electron chi connectivity index (χ4n) is 3.27. The molecule has 162 valence electrons. The minimum absolute atomic E-state index is 0.138.